The second-order valence-electron chi connectivity index (χ2n) is 7.62. The van der Waals surface area contributed by atoms with Gasteiger partial charge in [-0.3, -0.25) is 14.2 Å². The Balaban J connectivity index is 1.44. The number of nitrogens with zero attached hydrogens (tertiary/aromatic N) is 3. The second-order valence-corrected chi connectivity index (χ2v) is 8.56. The molecule has 0 unspecified atom stereocenters. The van der Waals surface area contributed by atoms with Gasteiger partial charge in [-0.2, -0.15) is 0 Å². The van der Waals surface area contributed by atoms with E-state index in [0.29, 0.717) is 44.8 Å². The van der Waals surface area contributed by atoms with Gasteiger partial charge in [-0.05, 0) is 55.5 Å². The summed E-state index contributed by atoms with van der Waals surface area (Å²) in [5.74, 6) is 2.03. The molecule has 2 heterocycles. The van der Waals surface area contributed by atoms with Gasteiger partial charge in [0, 0.05) is 6.07 Å². The minimum absolute atomic E-state index is 0.0336. The average Bonchev–Trinajstić information content (AvgIpc) is 3.28. The lowest BCUT2D eigenvalue weighted by atomic mass is 10.2. The Morgan fingerprint density at radius 1 is 1.00 bits per heavy atom. The molecule has 0 saturated carbocycles. The van der Waals surface area contributed by atoms with Gasteiger partial charge in [0.25, 0.3) is 5.56 Å². The summed E-state index contributed by atoms with van der Waals surface area (Å²) < 4.78 is 12.3. The minimum atomic E-state index is -0.288. The predicted octanol–water partition coefficient (Wildman–Crippen LogP) is 5.21. The predicted molar refractivity (Wildman–Crippen MR) is 134 cm³/mol. The fraction of sp³-hybridized carbons (Fsp3) is 0.0769. The molecule has 0 spiro atoms. The molecule has 0 radical (unpaired) electrons. The number of aromatic nitrogens is 3. The van der Waals surface area contributed by atoms with Crippen LogP contribution in [-0.4, -0.2) is 26.4 Å². The third kappa shape index (κ3) is 5.10. The van der Waals surface area contributed by atoms with Gasteiger partial charge >= 0.3 is 0 Å². The molecule has 9 heteroatoms. The fourth-order valence-electron chi connectivity index (χ4n) is 3.46. The molecule has 3 aromatic carbocycles. The summed E-state index contributed by atoms with van der Waals surface area (Å²) in [4.78, 5) is 30.6. The van der Waals surface area contributed by atoms with Crippen molar-refractivity contribution in [3.63, 3.8) is 0 Å². The lowest BCUT2D eigenvalue weighted by Gasteiger charge is -2.14. The quantitative estimate of drug-likeness (QED) is 0.250. The number of fused-ring (bicyclic) bond motifs is 1. The third-order valence-corrected chi connectivity index (χ3v) is 5.99. The number of hydrogen-bond acceptors (Lipinski definition) is 7. The van der Waals surface area contributed by atoms with Crippen LogP contribution in [0.15, 0.2) is 99.4 Å². The summed E-state index contributed by atoms with van der Waals surface area (Å²) in [5.41, 5.74) is 0.957. The molecule has 1 amide bonds. The van der Waals surface area contributed by atoms with Gasteiger partial charge in [0.2, 0.25) is 5.91 Å². The van der Waals surface area contributed by atoms with Crippen LogP contribution in [0.2, 0.25) is 0 Å². The lowest BCUT2D eigenvalue weighted by Crippen LogP contribution is -2.23. The standard InChI is InChI=1S/C26H20N4O4S/c1-17-15-23(29-34-17)28-24(31)16-35-26-27-22-10-6-5-9-21(22)25(32)30(26)18-11-13-20(14-12-18)33-19-7-3-2-4-8-19/h2-15H,16H2,1H3,(H,28,29,31). The molecular weight excluding hydrogens is 464 g/mol. The number of ether oxygens (including phenoxy) is 1. The number of thioether (sulfide) groups is 1. The minimum Gasteiger partial charge on any atom is -0.457 e. The number of anilines is 1. The van der Waals surface area contributed by atoms with Crippen LogP contribution in [0.4, 0.5) is 5.82 Å². The first-order valence-corrected chi connectivity index (χ1v) is 11.8. The number of para-hydroxylation sites is 2. The van der Waals surface area contributed by atoms with Crippen molar-refractivity contribution in [1.82, 2.24) is 14.7 Å². The highest BCUT2D eigenvalue weighted by Gasteiger charge is 2.16. The van der Waals surface area contributed by atoms with Crippen molar-refractivity contribution in [2.24, 2.45) is 0 Å². The molecule has 8 nitrogen and oxygen atoms in total. The Morgan fingerprint density at radius 3 is 2.46 bits per heavy atom. The Labute approximate surface area is 204 Å². The highest BCUT2D eigenvalue weighted by Crippen LogP contribution is 2.25. The number of nitrogens with one attached hydrogen (secondary N) is 1. The monoisotopic (exact) mass is 484 g/mol. The normalized spacial score (nSPS) is 10.9. The Bertz CT molecular complexity index is 1550. The zero-order valence-electron chi connectivity index (χ0n) is 18.7. The van der Waals surface area contributed by atoms with Gasteiger partial charge < -0.3 is 14.6 Å². The van der Waals surface area contributed by atoms with E-state index in [2.05, 4.69) is 15.5 Å². The van der Waals surface area contributed by atoms with Gasteiger partial charge in [0.1, 0.15) is 17.3 Å². The Kier molecular flexibility index (Phi) is 6.32. The molecule has 0 fully saturated rings. The zero-order chi connectivity index (χ0) is 24.2. The average molecular weight is 485 g/mol. The first-order valence-electron chi connectivity index (χ1n) is 10.8. The molecule has 0 atom stereocenters. The third-order valence-electron chi connectivity index (χ3n) is 5.05. The maximum atomic E-state index is 13.4. The van der Waals surface area contributed by atoms with Crippen molar-refractivity contribution in [1.29, 1.82) is 0 Å². The summed E-state index contributed by atoms with van der Waals surface area (Å²) in [5, 5.41) is 7.34. The molecule has 0 bridgehead atoms. The van der Waals surface area contributed by atoms with Crippen molar-refractivity contribution in [3.8, 4) is 17.2 Å². The van der Waals surface area contributed by atoms with Gasteiger partial charge in [-0.1, -0.05) is 47.3 Å². The molecular formula is C26H20N4O4S. The summed E-state index contributed by atoms with van der Waals surface area (Å²) in [7, 11) is 0. The second kappa shape index (κ2) is 9.86. The molecule has 174 valence electrons. The van der Waals surface area contributed by atoms with Crippen molar-refractivity contribution >= 4 is 34.4 Å². The van der Waals surface area contributed by atoms with Crippen LogP contribution in [-0.2, 0) is 4.79 Å². The summed E-state index contributed by atoms with van der Waals surface area (Å²) in [6.07, 6.45) is 0. The van der Waals surface area contributed by atoms with Crippen LogP contribution in [0, 0.1) is 6.92 Å². The van der Waals surface area contributed by atoms with Crippen molar-refractivity contribution in [3.05, 3.63) is 101 Å². The Morgan fingerprint density at radius 2 is 1.71 bits per heavy atom. The van der Waals surface area contributed by atoms with E-state index in [1.54, 1.807) is 55.5 Å². The number of rotatable bonds is 7. The molecule has 0 aliphatic rings. The Hall–Kier alpha value is -4.37. The first kappa shape index (κ1) is 22.4. The number of carbonyl (C=O) groups excluding carboxylic acids is 1. The highest BCUT2D eigenvalue weighted by molar-refractivity contribution is 7.99. The molecule has 35 heavy (non-hydrogen) atoms. The number of carbonyl (C=O) groups is 1. The van der Waals surface area contributed by atoms with Crippen LogP contribution in [0.25, 0.3) is 16.6 Å². The van der Waals surface area contributed by atoms with E-state index in [-0.39, 0.29) is 17.2 Å². The van der Waals surface area contributed by atoms with E-state index in [0.717, 1.165) is 11.8 Å². The van der Waals surface area contributed by atoms with Crippen molar-refractivity contribution in [2.75, 3.05) is 11.1 Å². The molecule has 2 aromatic heterocycles. The van der Waals surface area contributed by atoms with E-state index in [1.165, 1.54) is 4.57 Å². The van der Waals surface area contributed by atoms with Crippen molar-refractivity contribution < 1.29 is 14.1 Å². The summed E-state index contributed by atoms with van der Waals surface area (Å²) in [6, 6.07) is 25.4. The SMILES string of the molecule is Cc1cc(NC(=O)CSc2nc3ccccc3c(=O)n2-c2ccc(Oc3ccccc3)cc2)no1. The highest BCUT2D eigenvalue weighted by atomic mass is 32.2. The zero-order valence-corrected chi connectivity index (χ0v) is 19.5. The maximum absolute atomic E-state index is 13.4. The molecule has 0 aliphatic carbocycles. The number of benzene rings is 3. The van der Waals surface area contributed by atoms with E-state index in [9.17, 15) is 9.59 Å². The fourth-order valence-corrected chi connectivity index (χ4v) is 4.27. The number of aryl methyl sites for hydroxylation is 1. The van der Waals surface area contributed by atoms with Crippen LogP contribution in [0.5, 0.6) is 11.5 Å². The lowest BCUT2D eigenvalue weighted by molar-refractivity contribution is -0.113. The van der Waals surface area contributed by atoms with Gasteiger partial charge in [0.05, 0.1) is 22.3 Å². The van der Waals surface area contributed by atoms with Crippen LogP contribution in [0.3, 0.4) is 0 Å². The largest absolute Gasteiger partial charge is 0.457 e. The van der Waals surface area contributed by atoms with Crippen LogP contribution < -0.4 is 15.6 Å². The van der Waals surface area contributed by atoms with Gasteiger partial charge in [0.15, 0.2) is 11.0 Å². The maximum Gasteiger partial charge on any atom is 0.266 e. The molecule has 5 rings (SSSR count). The van der Waals surface area contributed by atoms with E-state index in [4.69, 9.17) is 9.26 Å². The first-order chi connectivity index (χ1) is 17.1. The van der Waals surface area contributed by atoms with E-state index >= 15 is 0 Å². The van der Waals surface area contributed by atoms with Crippen LogP contribution >= 0.6 is 11.8 Å². The smallest absolute Gasteiger partial charge is 0.266 e. The number of amides is 1. The summed E-state index contributed by atoms with van der Waals surface area (Å²) >= 11 is 1.16. The molecule has 0 saturated heterocycles. The molecule has 5 aromatic rings. The van der Waals surface area contributed by atoms with Gasteiger partial charge in [-0.25, -0.2) is 4.98 Å². The van der Waals surface area contributed by atoms with Crippen LogP contribution in [0.1, 0.15) is 5.76 Å². The van der Waals surface area contributed by atoms with E-state index in [1.807, 2.05) is 36.4 Å². The summed E-state index contributed by atoms with van der Waals surface area (Å²) in [6.45, 7) is 1.74. The number of hydrogen-bond donors (Lipinski definition) is 1. The molecule has 1 N–H and O–H groups in total. The van der Waals surface area contributed by atoms with E-state index < -0.39 is 0 Å². The topological polar surface area (TPSA) is 99.2 Å². The van der Waals surface area contributed by atoms with Crippen molar-refractivity contribution in [2.45, 2.75) is 12.1 Å². The van der Waals surface area contributed by atoms with Gasteiger partial charge in [-0.15, -0.1) is 0 Å². The molecule has 0 aliphatic heterocycles.